The molecule has 1 rings (SSSR count). The summed E-state index contributed by atoms with van der Waals surface area (Å²) in [5.41, 5.74) is -0.406. The zero-order valence-corrected chi connectivity index (χ0v) is 10.5. The third kappa shape index (κ3) is 3.12. The molecule has 0 saturated carbocycles. The molecule has 3 nitrogen and oxygen atoms in total. The van der Waals surface area contributed by atoms with Crippen LogP contribution in [-0.4, -0.2) is 18.1 Å². The van der Waals surface area contributed by atoms with E-state index < -0.39 is 18.1 Å². The van der Waals surface area contributed by atoms with Crippen LogP contribution in [0.1, 0.15) is 17.7 Å². The Morgan fingerprint density at radius 2 is 2.31 bits per heavy atom. The highest BCUT2D eigenvalue weighted by molar-refractivity contribution is 9.10. The third-order valence-electron chi connectivity index (χ3n) is 1.81. The lowest BCUT2D eigenvalue weighted by Crippen LogP contribution is -2.09. The van der Waals surface area contributed by atoms with E-state index in [1.165, 1.54) is 13.2 Å². The van der Waals surface area contributed by atoms with E-state index in [1.807, 2.05) is 0 Å². The number of nitrogens with zero attached hydrogens (tertiary/aromatic N) is 1. The predicted molar refractivity (Wildman–Crippen MR) is 57.6 cm³/mol. The quantitative estimate of drug-likeness (QED) is 0.635. The molecular formula is C9H7BrClF2NO2. The van der Waals surface area contributed by atoms with Gasteiger partial charge in [0, 0.05) is 0 Å². The summed E-state index contributed by atoms with van der Waals surface area (Å²) >= 11 is 8.64. The van der Waals surface area contributed by atoms with Crippen molar-refractivity contribution in [1.29, 1.82) is 0 Å². The van der Waals surface area contributed by atoms with Crippen LogP contribution in [0.2, 0.25) is 5.15 Å². The fourth-order valence-electron chi connectivity index (χ4n) is 1.08. The van der Waals surface area contributed by atoms with Crippen molar-refractivity contribution in [2.45, 2.75) is 12.8 Å². The monoisotopic (exact) mass is 313 g/mol. The Balaban J connectivity index is 3.14. The van der Waals surface area contributed by atoms with E-state index in [2.05, 4.69) is 25.7 Å². The summed E-state index contributed by atoms with van der Waals surface area (Å²) in [7, 11) is 1.18. The molecule has 1 aromatic rings. The first-order valence-electron chi connectivity index (χ1n) is 4.15. The lowest BCUT2D eigenvalue weighted by molar-refractivity contribution is -0.139. The van der Waals surface area contributed by atoms with Crippen LogP contribution >= 0.6 is 27.5 Å². The van der Waals surface area contributed by atoms with Crippen molar-refractivity contribution >= 4 is 33.5 Å². The van der Waals surface area contributed by atoms with E-state index in [1.54, 1.807) is 0 Å². The fourth-order valence-corrected chi connectivity index (χ4v) is 1.59. The van der Waals surface area contributed by atoms with Crippen LogP contribution < -0.4 is 0 Å². The van der Waals surface area contributed by atoms with Gasteiger partial charge in [0.05, 0.1) is 18.0 Å². The van der Waals surface area contributed by atoms with Gasteiger partial charge in [-0.05, 0) is 27.6 Å². The van der Waals surface area contributed by atoms with Crippen LogP contribution in [0.4, 0.5) is 8.78 Å². The summed E-state index contributed by atoms with van der Waals surface area (Å²) < 4.78 is 30.0. The van der Waals surface area contributed by atoms with Crippen LogP contribution in [0.15, 0.2) is 10.5 Å². The topological polar surface area (TPSA) is 39.2 Å². The van der Waals surface area contributed by atoms with Gasteiger partial charge in [0.2, 0.25) is 0 Å². The van der Waals surface area contributed by atoms with E-state index in [0.717, 1.165) is 0 Å². The van der Waals surface area contributed by atoms with Crippen molar-refractivity contribution in [3.8, 4) is 0 Å². The number of ether oxygens (including phenoxy) is 1. The Labute approximate surface area is 104 Å². The maximum atomic E-state index is 12.6. The standard InChI is InChI=1S/C9H7BrClF2NO2/c1-16-6(15)3-4-2-5(10)8(11)14-7(4)9(12)13/h2,9H,3H2,1H3. The second kappa shape index (κ2) is 5.54. The Bertz CT molecular complexity index is 415. The number of rotatable bonds is 3. The molecule has 0 fully saturated rings. The fraction of sp³-hybridized carbons (Fsp3) is 0.333. The molecule has 0 aliphatic carbocycles. The summed E-state index contributed by atoms with van der Waals surface area (Å²) in [5.74, 6) is -0.613. The minimum absolute atomic E-state index is 0.0658. The smallest absolute Gasteiger partial charge is 0.310 e. The summed E-state index contributed by atoms with van der Waals surface area (Å²) in [6, 6.07) is 1.34. The first-order chi connectivity index (χ1) is 7.45. The molecule has 0 spiro atoms. The molecule has 0 unspecified atom stereocenters. The normalized spacial score (nSPS) is 10.6. The van der Waals surface area contributed by atoms with Crippen molar-refractivity contribution in [1.82, 2.24) is 4.98 Å². The third-order valence-corrected chi connectivity index (χ3v) is 2.94. The Hall–Kier alpha value is -0.750. The zero-order chi connectivity index (χ0) is 12.3. The predicted octanol–water partition coefficient (Wildman–Crippen LogP) is 3.15. The Kier molecular flexibility index (Phi) is 4.61. The lowest BCUT2D eigenvalue weighted by atomic mass is 10.1. The molecule has 0 amide bonds. The second-order valence-corrected chi connectivity index (χ2v) is 4.07. The molecule has 0 aromatic carbocycles. The first-order valence-corrected chi connectivity index (χ1v) is 5.32. The van der Waals surface area contributed by atoms with Gasteiger partial charge in [-0.1, -0.05) is 11.6 Å². The number of carbonyl (C=O) groups excluding carboxylic acids is 1. The number of alkyl halides is 2. The number of hydrogen-bond donors (Lipinski definition) is 0. The van der Waals surface area contributed by atoms with Gasteiger partial charge in [0.1, 0.15) is 10.8 Å². The van der Waals surface area contributed by atoms with E-state index in [0.29, 0.717) is 4.47 Å². The van der Waals surface area contributed by atoms with Gasteiger partial charge >= 0.3 is 5.97 Å². The minimum atomic E-state index is -2.79. The van der Waals surface area contributed by atoms with E-state index in [4.69, 9.17) is 11.6 Å². The van der Waals surface area contributed by atoms with Crippen LogP contribution in [-0.2, 0) is 16.0 Å². The number of esters is 1. The van der Waals surface area contributed by atoms with Gasteiger partial charge in [-0.25, -0.2) is 13.8 Å². The van der Waals surface area contributed by atoms with Crippen LogP contribution in [0.5, 0.6) is 0 Å². The van der Waals surface area contributed by atoms with E-state index >= 15 is 0 Å². The number of hydrogen-bond acceptors (Lipinski definition) is 3. The molecule has 0 saturated heterocycles. The van der Waals surface area contributed by atoms with E-state index in [-0.39, 0.29) is 17.1 Å². The van der Waals surface area contributed by atoms with E-state index in [9.17, 15) is 13.6 Å². The van der Waals surface area contributed by atoms with Crippen molar-refractivity contribution < 1.29 is 18.3 Å². The number of carbonyl (C=O) groups is 1. The Morgan fingerprint density at radius 1 is 1.69 bits per heavy atom. The number of halogens is 4. The van der Waals surface area contributed by atoms with Crippen molar-refractivity contribution in [2.24, 2.45) is 0 Å². The number of methoxy groups -OCH3 is 1. The van der Waals surface area contributed by atoms with Gasteiger partial charge in [0.15, 0.2) is 0 Å². The molecule has 0 aliphatic rings. The molecule has 0 atom stereocenters. The summed E-state index contributed by atoms with van der Waals surface area (Å²) in [4.78, 5) is 14.5. The van der Waals surface area contributed by atoms with Crippen LogP contribution in [0.3, 0.4) is 0 Å². The highest BCUT2D eigenvalue weighted by Crippen LogP contribution is 2.29. The SMILES string of the molecule is COC(=O)Cc1cc(Br)c(Cl)nc1C(F)F. The average Bonchev–Trinajstić information content (AvgIpc) is 2.22. The molecule has 0 aliphatic heterocycles. The molecular weight excluding hydrogens is 307 g/mol. The molecule has 1 heterocycles. The zero-order valence-electron chi connectivity index (χ0n) is 8.14. The summed E-state index contributed by atoms with van der Waals surface area (Å²) in [5, 5.41) is -0.0658. The van der Waals surface area contributed by atoms with Crippen molar-refractivity contribution in [3.63, 3.8) is 0 Å². The number of aromatic nitrogens is 1. The van der Waals surface area contributed by atoms with Crippen molar-refractivity contribution in [2.75, 3.05) is 7.11 Å². The van der Waals surface area contributed by atoms with Gasteiger partial charge in [0.25, 0.3) is 6.43 Å². The average molecular weight is 315 g/mol. The molecule has 88 valence electrons. The molecule has 0 bridgehead atoms. The largest absolute Gasteiger partial charge is 0.469 e. The highest BCUT2D eigenvalue weighted by atomic mass is 79.9. The molecule has 1 aromatic heterocycles. The van der Waals surface area contributed by atoms with Gasteiger partial charge in [-0.15, -0.1) is 0 Å². The molecule has 0 N–H and O–H groups in total. The number of pyridine rings is 1. The summed E-state index contributed by atoms with van der Waals surface area (Å²) in [6.07, 6.45) is -3.05. The molecule has 0 radical (unpaired) electrons. The van der Waals surface area contributed by atoms with Crippen LogP contribution in [0, 0.1) is 0 Å². The second-order valence-electron chi connectivity index (χ2n) is 2.86. The van der Waals surface area contributed by atoms with Crippen LogP contribution in [0.25, 0.3) is 0 Å². The van der Waals surface area contributed by atoms with Crippen molar-refractivity contribution in [3.05, 3.63) is 26.9 Å². The first kappa shape index (κ1) is 13.3. The minimum Gasteiger partial charge on any atom is -0.469 e. The van der Waals surface area contributed by atoms with Gasteiger partial charge < -0.3 is 4.74 Å². The molecule has 16 heavy (non-hydrogen) atoms. The summed E-state index contributed by atoms with van der Waals surface area (Å²) in [6.45, 7) is 0. The Morgan fingerprint density at radius 3 is 2.81 bits per heavy atom. The maximum absolute atomic E-state index is 12.6. The molecule has 7 heteroatoms. The maximum Gasteiger partial charge on any atom is 0.310 e. The van der Waals surface area contributed by atoms with Gasteiger partial charge in [-0.3, -0.25) is 4.79 Å². The van der Waals surface area contributed by atoms with Gasteiger partial charge in [-0.2, -0.15) is 0 Å². The highest BCUT2D eigenvalue weighted by Gasteiger charge is 2.19. The lowest BCUT2D eigenvalue weighted by Gasteiger charge is -2.08.